The van der Waals surface area contributed by atoms with Crippen molar-refractivity contribution in [3.05, 3.63) is 84.9 Å². The largest absolute Gasteiger partial charge is 0.487 e. The molecule has 4 aromatic heterocycles. The van der Waals surface area contributed by atoms with E-state index in [2.05, 4.69) is 49.3 Å². The van der Waals surface area contributed by atoms with Crippen LogP contribution in [0.1, 0.15) is 41.7 Å². The van der Waals surface area contributed by atoms with Gasteiger partial charge in [-0.15, -0.1) is 11.3 Å². The zero-order valence-corrected chi connectivity index (χ0v) is 20.7. The van der Waals surface area contributed by atoms with E-state index < -0.39 is 0 Å². The Kier molecular flexibility index (Phi) is 6.53. The minimum absolute atomic E-state index is 0.191. The molecule has 0 fully saturated rings. The van der Waals surface area contributed by atoms with Gasteiger partial charge in [0.05, 0.1) is 17.1 Å². The lowest BCUT2D eigenvalue weighted by atomic mass is 10.2. The minimum Gasteiger partial charge on any atom is -0.487 e. The number of halogens is 1. The number of aryl methyl sites for hydroxylation is 2. The fourth-order valence-electron chi connectivity index (χ4n) is 3.33. The molecule has 0 unspecified atom stereocenters. The molecular weight excluding hydrogens is 488 g/mol. The third kappa shape index (κ3) is 4.66. The van der Waals surface area contributed by atoms with Gasteiger partial charge in [-0.05, 0) is 59.4 Å². The van der Waals surface area contributed by atoms with Gasteiger partial charge in [0.15, 0.2) is 0 Å². The summed E-state index contributed by atoms with van der Waals surface area (Å²) < 4.78 is 7.96. The van der Waals surface area contributed by atoms with Crippen molar-refractivity contribution in [2.24, 2.45) is 0 Å². The maximum Gasteiger partial charge on any atom is 0.273 e. The van der Waals surface area contributed by atoms with Crippen LogP contribution in [0.15, 0.2) is 57.4 Å². The standard InChI is InChI=1S/C24H23BrN4O2S/c1-14(2)23-27-8-6-19(28-23)20-11-18(5-7-26-20)29-15(3)9-21(22(25)24(29)30)31-12-17-10-16(4)32-13-17/h5-11,13-14H,12H2,1-4H3. The Balaban J connectivity index is 1.68. The van der Waals surface area contributed by atoms with Crippen LogP contribution in [-0.4, -0.2) is 19.5 Å². The van der Waals surface area contributed by atoms with Gasteiger partial charge >= 0.3 is 0 Å². The van der Waals surface area contributed by atoms with Crippen LogP contribution in [0.3, 0.4) is 0 Å². The number of ether oxygens (including phenoxy) is 1. The highest BCUT2D eigenvalue weighted by Gasteiger charge is 2.15. The van der Waals surface area contributed by atoms with E-state index in [1.165, 1.54) is 4.88 Å². The Labute approximate surface area is 199 Å². The molecule has 0 aromatic carbocycles. The second-order valence-corrected chi connectivity index (χ2v) is 9.72. The van der Waals surface area contributed by atoms with Crippen molar-refractivity contribution in [3.63, 3.8) is 0 Å². The summed E-state index contributed by atoms with van der Waals surface area (Å²) in [7, 11) is 0. The number of pyridine rings is 2. The number of aromatic nitrogens is 4. The molecule has 4 aromatic rings. The summed E-state index contributed by atoms with van der Waals surface area (Å²) in [5.41, 5.74) is 3.78. The van der Waals surface area contributed by atoms with Gasteiger partial charge in [-0.25, -0.2) is 9.97 Å². The van der Waals surface area contributed by atoms with Gasteiger partial charge in [0.25, 0.3) is 5.56 Å². The van der Waals surface area contributed by atoms with E-state index in [0.717, 1.165) is 22.8 Å². The molecule has 0 saturated heterocycles. The van der Waals surface area contributed by atoms with Gasteiger partial charge in [0, 0.05) is 40.5 Å². The van der Waals surface area contributed by atoms with Crippen LogP contribution < -0.4 is 10.3 Å². The van der Waals surface area contributed by atoms with E-state index in [1.807, 2.05) is 45.0 Å². The van der Waals surface area contributed by atoms with Crippen LogP contribution in [0.2, 0.25) is 0 Å². The molecule has 4 rings (SSSR count). The van der Waals surface area contributed by atoms with Crippen molar-refractivity contribution in [1.29, 1.82) is 0 Å². The number of hydrogen-bond acceptors (Lipinski definition) is 6. The van der Waals surface area contributed by atoms with Crippen LogP contribution in [0.5, 0.6) is 5.75 Å². The molecule has 0 aliphatic carbocycles. The van der Waals surface area contributed by atoms with Gasteiger partial charge in [-0.3, -0.25) is 14.3 Å². The Bertz CT molecular complexity index is 1330. The third-order valence-electron chi connectivity index (χ3n) is 4.93. The zero-order chi connectivity index (χ0) is 22.8. The summed E-state index contributed by atoms with van der Waals surface area (Å²) in [6.45, 7) is 8.46. The molecule has 0 saturated carbocycles. The average Bonchev–Trinajstić information content (AvgIpc) is 3.20. The molecule has 8 heteroatoms. The Hall–Kier alpha value is -2.84. The van der Waals surface area contributed by atoms with E-state index in [0.29, 0.717) is 28.2 Å². The fraction of sp³-hybridized carbons (Fsp3) is 0.250. The van der Waals surface area contributed by atoms with Gasteiger partial charge in [-0.2, -0.15) is 0 Å². The van der Waals surface area contributed by atoms with Crippen LogP contribution in [0, 0.1) is 13.8 Å². The summed E-state index contributed by atoms with van der Waals surface area (Å²) in [4.78, 5) is 27.8. The monoisotopic (exact) mass is 510 g/mol. The van der Waals surface area contributed by atoms with Gasteiger partial charge in [0.2, 0.25) is 0 Å². The molecule has 0 spiro atoms. The quantitative estimate of drug-likeness (QED) is 0.326. The topological polar surface area (TPSA) is 69.9 Å². The van der Waals surface area contributed by atoms with E-state index in [9.17, 15) is 4.79 Å². The first kappa shape index (κ1) is 22.4. The van der Waals surface area contributed by atoms with E-state index >= 15 is 0 Å². The number of hydrogen-bond donors (Lipinski definition) is 0. The maximum absolute atomic E-state index is 13.2. The van der Waals surface area contributed by atoms with Crippen LogP contribution in [0.4, 0.5) is 0 Å². The molecule has 4 heterocycles. The molecule has 0 radical (unpaired) electrons. The summed E-state index contributed by atoms with van der Waals surface area (Å²) in [5.74, 6) is 1.50. The third-order valence-corrected chi connectivity index (χ3v) is 6.57. The highest BCUT2D eigenvalue weighted by Crippen LogP contribution is 2.26. The van der Waals surface area contributed by atoms with Crippen molar-refractivity contribution in [2.75, 3.05) is 0 Å². The SMILES string of the molecule is Cc1cc(COc2cc(C)n(-c3ccnc(-c4ccnc(C(C)C)n4)c3)c(=O)c2Br)cs1. The van der Waals surface area contributed by atoms with Gasteiger partial charge in [-0.1, -0.05) is 13.8 Å². The van der Waals surface area contributed by atoms with E-state index in [-0.39, 0.29) is 11.5 Å². The lowest BCUT2D eigenvalue weighted by Crippen LogP contribution is -2.22. The van der Waals surface area contributed by atoms with Crippen molar-refractivity contribution in [3.8, 4) is 22.8 Å². The molecule has 0 aliphatic rings. The first-order chi connectivity index (χ1) is 15.3. The second kappa shape index (κ2) is 9.34. The van der Waals surface area contributed by atoms with Crippen LogP contribution >= 0.6 is 27.3 Å². The Morgan fingerprint density at radius 3 is 2.59 bits per heavy atom. The number of rotatable bonds is 6. The Morgan fingerprint density at radius 1 is 1.09 bits per heavy atom. The van der Waals surface area contributed by atoms with Gasteiger partial charge < -0.3 is 4.74 Å². The first-order valence-electron chi connectivity index (χ1n) is 10.2. The van der Waals surface area contributed by atoms with E-state index in [1.54, 1.807) is 28.3 Å². The molecule has 0 aliphatic heterocycles. The highest BCUT2D eigenvalue weighted by atomic mass is 79.9. The summed E-state index contributed by atoms with van der Waals surface area (Å²) in [6.07, 6.45) is 3.42. The van der Waals surface area contributed by atoms with Gasteiger partial charge in [0.1, 0.15) is 22.7 Å². The molecule has 164 valence electrons. The normalized spacial score (nSPS) is 11.2. The van der Waals surface area contributed by atoms with Crippen LogP contribution in [-0.2, 0) is 6.61 Å². The predicted molar refractivity (Wildman–Crippen MR) is 131 cm³/mol. The smallest absolute Gasteiger partial charge is 0.273 e. The lowest BCUT2D eigenvalue weighted by Gasteiger charge is -2.15. The second-order valence-electron chi connectivity index (χ2n) is 7.81. The fourth-order valence-corrected chi connectivity index (χ4v) is 4.43. The minimum atomic E-state index is -0.191. The molecular formula is C24H23BrN4O2S. The molecule has 0 amide bonds. The number of thiophene rings is 1. The van der Waals surface area contributed by atoms with Crippen LogP contribution in [0.25, 0.3) is 17.1 Å². The predicted octanol–water partition coefficient (Wildman–Crippen LogP) is 5.83. The molecule has 6 nitrogen and oxygen atoms in total. The summed E-state index contributed by atoms with van der Waals surface area (Å²) in [5, 5.41) is 2.06. The Morgan fingerprint density at radius 2 is 1.88 bits per heavy atom. The molecule has 32 heavy (non-hydrogen) atoms. The lowest BCUT2D eigenvalue weighted by molar-refractivity contribution is 0.303. The zero-order valence-electron chi connectivity index (χ0n) is 18.3. The highest BCUT2D eigenvalue weighted by molar-refractivity contribution is 9.10. The van der Waals surface area contributed by atoms with Crippen molar-refractivity contribution in [2.45, 2.75) is 40.2 Å². The van der Waals surface area contributed by atoms with Crippen molar-refractivity contribution in [1.82, 2.24) is 19.5 Å². The average molecular weight is 511 g/mol. The van der Waals surface area contributed by atoms with Crippen molar-refractivity contribution < 1.29 is 4.74 Å². The number of nitrogens with zero attached hydrogens (tertiary/aromatic N) is 4. The van der Waals surface area contributed by atoms with E-state index in [4.69, 9.17) is 4.74 Å². The first-order valence-corrected chi connectivity index (χ1v) is 11.9. The maximum atomic E-state index is 13.2. The summed E-state index contributed by atoms with van der Waals surface area (Å²) in [6, 6.07) is 9.45. The molecule has 0 bridgehead atoms. The molecule has 0 atom stereocenters. The molecule has 0 N–H and O–H groups in total. The van der Waals surface area contributed by atoms with Crippen molar-refractivity contribution >= 4 is 27.3 Å². The summed E-state index contributed by atoms with van der Waals surface area (Å²) >= 11 is 5.12.